The molecule has 7 nitrogen and oxygen atoms in total. The summed E-state index contributed by atoms with van der Waals surface area (Å²) in [5, 5.41) is 9.80. The van der Waals surface area contributed by atoms with Crippen LogP contribution in [0, 0.1) is 11.3 Å². The summed E-state index contributed by atoms with van der Waals surface area (Å²) in [6, 6.07) is 12.7. The molecular formula is C22H15BrN2O5. The first-order valence-electron chi connectivity index (χ1n) is 8.76. The number of ether oxygens (including phenoxy) is 2. The van der Waals surface area contributed by atoms with Gasteiger partial charge in [-0.1, -0.05) is 0 Å². The highest BCUT2D eigenvalue weighted by atomic mass is 79.9. The molecule has 0 aliphatic heterocycles. The number of hydrogen-bond donors (Lipinski definition) is 0. The van der Waals surface area contributed by atoms with Gasteiger partial charge in [-0.25, -0.2) is 4.99 Å². The first-order valence-corrected chi connectivity index (χ1v) is 9.55. The SMILES string of the molecule is COc1cc(C=Nc2oc(-c3ccco3)c(-c3ccco3)c2C#N)cc(Br)c1OC. The lowest BCUT2D eigenvalue weighted by molar-refractivity contribution is 0.353. The van der Waals surface area contributed by atoms with Crippen LogP contribution in [0.15, 0.2) is 71.6 Å². The largest absolute Gasteiger partial charge is 0.493 e. The fraction of sp³-hybridized carbons (Fsp3) is 0.0909. The molecule has 150 valence electrons. The van der Waals surface area contributed by atoms with Gasteiger partial charge in [0.25, 0.3) is 0 Å². The maximum atomic E-state index is 9.80. The van der Waals surface area contributed by atoms with Gasteiger partial charge >= 0.3 is 0 Å². The molecule has 1 aromatic carbocycles. The van der Waals surface area contributed by atoms with Gasteiger partial charge in [0, 0.05) is 6.21 Å². The lowest BCUT2D eigenvalue weighted by atomic mass is 10.1. The Morgan fingerprint density at radius 1 is 1.07 bits per heavy atom. The predicted molar refractivity (Wildman–Crippen MR) is 113 cm³/mol. The number of rotatable bonds is 6. The van der Waals surface area contributed by atoms with Gasteiger partial charge in [0.1, 0.15) is 17.4 Å². The Morgan fingerprint density at radius 2 is 1.80 bits per heavy atom. The zero-order valence-corrected chi connectivity index (χ0v) is 17.6. The first-order chi connectivity index (χ1) is 14.7. The van der Waals surface area contributed by atoms with E-state index in [0.29, 0.717) is 38.8 Å². The summed E-state index contributed by atoms with van der Waals surface area (Å²) in [7, 11) is 3.11. The van der Waals surface area contributed by atoms with Crippen LogP contribution in [0.2, 0.25) is 0 Å². The van der Waals surface area contributed by atoms with Crippen molar-refractivity contribution in [2.75, 3.05) is 14.2 Å². The smallest absolute Gasteiger partial charge is 0.238 e. The number of nitrogens with zero attached hydrogens (tertiary/aromatic N) is 2. The average molecular weight is 467 g/mol. The summed E-state index contributed by atoms with van der Waals surface area (Å²) in [5.41, 5.74) is 1.45. The number of nitriles is 1. The molecular weight excluding hydrogens is 452 g/mol. The molecule has 0 fully saturated rings. The van der Waals surface area contributed by atoms with E-state index < -0.39 is 0 Å². The second-order valence-corrected chi connectivity index (χ2v) is 6.90. The molecule has 30 heavy (non-hydrogen) atoms. The third-order valence-electron chi connectivity index (χ3n) is 4.30. The van der Waals surface area contributed by atoms with E-state index in [0.717, 1.165) is 5.56 Å². The van der Waals surface area contributed by atoms with E-state index in [1.165, 1.54) is 12.5 Å². The minimum Gasteiger partial charge on any atom is -0.493 e. The zero-order valence-electron chi connectivity index (χ0n) is 16.0. The van der Waals surface area contributed by atoms with Gasteiger partial charge in [0.15, 0.2) is 23.0 Å². The number of furan rings is 3. The minimum atomic E-state index is 0.140. The summed E-state index contributed by atoms with van der Waals surface area (Å²) in [6.45, 7) is 0. The van der Waals surface area contributed by atoms with Gasteiger partial charge in [-0.3, -0.25) is 0 Å². The van der Waals surface area contributed by atoms with E-state index in [9.17, 15) is 5.26 Å². The molecule has 0 saturated carbocycles. The third-order valence-corrected chi connectivity index (χ3v) is 4.89. The fourth-order valence-electron chi connectivity index (χ4n) is 3.00. The molecule has 0 atom stereocenters. The van der Waals surface area contributed by atoms with Crippen LogP contribution in [0.3, 0.4) is 0 Å². The molecule has 4 rings (SSSR count). The van der Waals surface area contributed by atoms with Gasteiger partial charge in [-0.15, -0.1) is 0 Å². The second kappa shape index (κ2) is 8.35. The van der Waals surface area contributed by atoms with Crippen LogP contribution < -0.4 is 9.47 Å². The van der Waals surface area contributed by atoms with Gasteiger partial charge in [-0.2, -0.15) is 5.26 Å². The quantitative estimate of drug-likeness (QED) is 0.314. The molecule has 3 aromatic heterocycles. The van der Waals surface area contributed by atoms with Crippen molar-refractivity contribution >= 4 is 28.0 Å². The van der Waals surface area contributed by atoms with E-state index in [-0.39, 0.29) is 11.4 Å². The van der Waals surface area contributed by atoms with Crippen LogP contribution in [0.4, 0.5) is 5.88 Å². The molecule has 0 radical (unpaired) electrons. The van der Waals surface area contributed by atoms with Gasteiger partial charge in [0.2, 0.25) is 5.88 Å². The van der Waals surface area contributed by atoms with Crippen molar-refractivity contribution < 1.29 is 22.7 Å². The van der Waals surface area contributed by atoms with Crippen LogP contribution in [0.1, 0.15) is 11.1 Å². The lowest BCUT2D eigenvalue weighted by Crippen LogP contribution is -1.93. The van der Waals surface area contributed by atoms with E-state index in [4.69, 9.17) is 22.7 Å². The fourth-order valence-corrected chi connectivity index (χ4v) is 3.62. The summed E-state index contributed by atoms with van der Waals surface area (Å²) < 4.78 is 28.3. The third kappa shape index (κ3) is 3.51. The first kappa shape index (κ1) is 19.6. The number of aliphatic imine (C=N–C) groups is 1. The molecule has 8 heteroatoms. The Balaban J connectivity index is 1.82. The zero-order chi connectivity index (χ0) is 21.1. The molecule has 0 bridgehead atoms. The molecule has 0 N–H and O–H groups in total. The summed E-state index contributed by atoms with van der Waals surface area (Å²) >= 11 is 3.45. The maximum Gasteiger partial charge on any atom is 0.238 e. The van der Waals surface area contributed by atoms with E-state index in [1.54, 1.807) is 50.8 Å². The van der Waals surface area contributed by atoms with Crippen molar-refractivity contribution in [3.63, 3.8) is 0 Å². The molecule has 0 unspecified atom stereocenters. The van der Waals surface area contributed by atoms with Crippen molar-refractivity contribution in [1.29, 1.82) is 5.26 Å². The van der Waals surface area contributed by atoms with Crippen molar-refractivity contribution in [3.8, 4) is 40.4 Å². The molecule has 0 aliphatic rings. The highest BCUT2D eigenvalue weighted by Gasteiger charge is 2.26. The molecule has 0 amide bonds. The predicted octanol–water partition coefficient (Wildman–Crippen LogP) is 6.20. The molecule has 0 aliphatic carbocycles. The monoisotopic (exact) mass is 466 g/mol. The highest BCUT2D eigenvalue weighted by Crippen LogP contribution is 2.43. The molecule has 0 spiro atoms. The van der Waals surface area contributed by atoms with Crippen LogP contribution in [-0.4, -0.2) is 20.4 Å². The summed E-state index contributed by atoms with van der Waals surface area (Å²) in [5.74, 6) is 2.57. The van der Waals surface area contributed by atoms with Crippen molar-refractivity contribution in [3.05, 3.63) is 64.5 Å². The van der Waals surface area contributed by atoms with Crippen LogP contribution in [0.5, 0.6) is 11.5 Å². The Hall–Kier alpha value is -3.70. The van der Waals surface area contributed by atoms with Gasteiger partial charge < -0.3 is 22.7 Å². The Labute approximate surface area is 180 Å². The number of halogens is 1. The summed E-state index contributed by atoms with van der Waals surface area (Å²) in [4.78, 5) is 4.41. The highest BCUT2D eigenvalue weighted by molar-refractivity contribution is 9.10. The Kier molecular flexibility index (Phi) is 5.46. The van der Waals surface area contributed by atoms with Crippen molar-refractivity contribution in [2.24, 2.45) is 4.99 Å². The molecule has 4 aromatic rings. The van der Waals surface area contributed by atoms with E-state index in [1.807, 2.05) is 6.07 Å². The number of hydrogen-bond acceptors (Lipinski definition) is 7. The number of benzene rings is 1. The van der Waals surface area contributed by atoms with Crippen molar-refractivity contribution in [1.82, 2.24) is 0 Å². The standard InChI is InChI=1S/C22H15BrN2O5/c1-26-18-10-13(9-15(23)20(18)27-2)12-25-22-14(11-24)19(16-5-3-7-28-16)21(30-22)17-6-4-8-29-17/h3-10,12H,1-2H3. The second-order valence-electron chi connectivity index (χ2n) is 6.05. The number of methoxy groups -OCH3 is 2. The Morgan fingerprint density at radius 3 is 2.40 bits per heavy atom. The molecule has 3 heterocycles. The minimum absolute atomic E-state index is 0.140. The van der Waals surface area contributed by atoms with E-state index in [2.05, 4.69) is 27.0 Å². The van der Waals surface area contributed by atoms with Gasteiger partial charge in [-0.05, 0) is 57.9 Å². The van der Waals surface area contributed by atoms with Crippen LogP contribution in [0.25, 0.3) is 22.8 Å². The van der Waals surface area contributed by atoms with Gasteiger partial charge in [0.05, 0.1) is 36.8 Å². The summed E-state index contributed by atoms with van der Waals surface area (Å²) in [6.07, 6.45) is 4.63. The lowest BCUT2D eigenvalue weighted by Gasteiger charge is -2.10. The van der Waals surface area contributed by atoms with Crippen molar-refractivity contribution in [2.45, 2.75) is 0 Å². The topological polar surface area (TPSA) is 94.0 Å². The van der Waals surface area contributed by atoms with Crippen LogP contribution >= 0.6 is 15.9 Å². The maximum absolute atomic E-state index is 9.80. The van der Waals surface area contributed by atoms with E-state index >= 15 is 0 Å². The molecule has 0 saturated heterocycles. The average Bonchev–Trinajstić information content (AvgIpc) is 3.51. The normalized spacial score (nSPS) is 11.0. The van der Waals surface area contributed by atoms with Crippen LogP contribution in [-0.2, 0) is 0 Å². The Bertz CT molecular complexity index is 1230.